The van der Waals surface area contributed by atoms with Crippen LogP contribution < -0.4 is 14.8 Å². The van der Waals surface area contributed by atoms with Crippen molar-refractivity contribution in [1.82, 2.24) is 9.78 Å². The zero-order valence-electron chi connectivity index (χ0n) is 14.4. The van der Waals surface area contributed by atoms with Gasteiger partial charge >= 0.3 is 0 Å². The lowest BCUT2D eigenvalue weighted by Gasteiger charge is -2.12. The normalized spacial score (nSPS) is 11.0. The minimum absolute atomic E-state index is 0.243. The summed E-state index contributed by atoms with van der Waals surface area (Å²) in [6.07, 6.45) is 4.94. The maximum atomic E-state index is 11.9. The Balaban J connectivity index is 2.02. The average molecular weight is 329 g/mol. The molecule has 0 fully saturated rings. The van der Waals surface area contributed by atoms with Gasteiger partial charge in [-0.25, -0.2) is 0 Å². The summed E-state index contributed by atoms with van der Waals surface area (Å²) in [4.78, 5) is 11.9. The van der Waals surface area contributed by atoms with Gasteiger partial charge < -0.3 is 14.8 Å². The molecule has 0 bridgehead atoms. The van der Waals surface area contributed by atoms with Crippen LogP contribution in [0.15, 0.2) is 36.5 Å². The second kappa shape index (κ2) is 8.19. The number of carbonyl (C=O) groups excluding carboxylic acids is 1. The van der Waals surface area contributed by atoms with E-state index in [0.717, 1.165) is 5.56 Å². The molecule has 0 atom stereocenters. The molecule has 0 aliphatic heterocycles. The number of rotatable bonds is 7. The SMILES string of the molecule is COc1cc(/C=C/C(=O)Nc2ccn(C)n2)ccc1OCC(C)C. The van der Waals surface area contributed by atoms with Crippen LogP contribution in [-0.2, 0) is 11.8 Å². The molecule has 1 aromatic heterocycles. The number of benzene rings is 1. The molecule has 0 radical (unpaired) electrons. The van der Waals surface area contributed by atoms with Crippen molar-refractivity contribution in [3.63, 3.8) is 0 Å². The van der Waals surface area contributed by atoms with Crippen LogP contribution in [0.4, 0.5) is 5.82 Å². The van der Waals surface area contributed by atoms with E-state index in [0.29, 0.717) is 29.8 Å². The van der Waals surface area contributed by atoms with Crippen LogP contribution in [0.2, 0.25) is 0 Å². The lowest BCUT2D eigenvalue weighted by Crippen LogP contribution is -2.08. The number of aromatic nitrogens is 2. The molecule has 2 rings (SSSR count). The van der Waals surface area contributed by atoms with E-state index in [1.807, 2.05) is 18.2 Å². The molecular formula is C18H23N3O3. The minimum Gasteiger partial charge on any atom is -0.493 e. The minimum atomic E-state index is -0.243. The van der Waals surface area contributed by atoms with E-state index in [1.54, 1.807) is 37.2 Å². The van der Waals surface area contributed by atoms with E-state index in [9.17, 15) is 4.79 Å². The van der Waals surface area contributed by atoms with Gasteiger partial charge in [-0.2, -0.15) is 5.10 Å². The van der Waals surface area contributed by atoms with E-state index in [-0.39, 0.29) is 5.91 Å². The van der Waals surface area contributed by atoms with Gasteiger partial charge in [0.2, 0.25) is 5.91 Å². The topological polar surface area (TPSA) is 65.4 Å². The standard InChI is InChI=1S/C18H23N3O3/c1-13(2)12-24-15-7-5-14(11-16(15)23-4)6-8-18(22)19-17-9-10-21(3)20-17/h5-11,13H,12H2,1-4H3,(H,19,20,22)/b8-6+. The molecule has 1 heterocycles. The number of ether oxygens (including phenoxy) is 2. The van der Waals surface area contributed by atoms with Gasteiger partial charge in [-0.3, -0.25) is 9.48 Å². The van der Waals surface area contributed by atoms with Crippen LogP contribution in [-0.4, -0.2) is 29.4 Å². The van der Waals surface area contributed by atoms with Crippen molar-refractivity contribution < 1.29 is 14.3 Å². The molecule has 0 saturated heterocycles. The van der Waals surface area contributed by atoms with Crippen LogP contribution in [0, 0.1) is 5.92 Å². The highest BCUT2D eigenvalue weighted by Gasteiger charge is 2.06. The Morgan fingerprint density at radius 2 is 2.12 bits per heavy atom. The highest BCUT2D eigenvalue weighted by molar-refractivity contribution is 6.01. The summed E-state index contributed by atoms with van der Waals surface area (Å²) in [6.45, 7) is 4.80. The number of hydrogen-bond donors (Lipinski definition) is 1. The third-order valence-electron chi connectivity index (χ3n) is 3.15. The highest BCUT2D eigenvalue weighted by Crippen LogP contribution is 2.29. The van der Waals surface area contributed by atoms with E-state index in [1.165, 1.54) is 6.08 Å². The smallest absolute Gasteiger partial charge is 0.249 e. The van der Waals surface area contributed by atoms with Gasteiger partial charge in [0.15, 0.2) is 17.3 Å². The predicted molar refractivity (Wildman–Crippen MR) is 94.2 cm³/mol. The Hall–Kier alpha value is -2.76. The molecular weight excluding hydrogens is 306 g/mol. The van der Waals surface area contributed by atoms with Gasteiger partial charge in [-0.1, -0.05) is 19.9 Å². The second-order valence-corrected chi connectivity index (χ2v) is 5.81. The molecule has 0 saturated carbocycles. The molecule has 0 aliphatic rings. The summed E-state index contributed by atoms with van der Waals surface area (Å²) in [5.74, 6) is 2.05. The zero-order valence-corrected chi connectivity index (χ0v) is 14.4. The second-order valence-electron chi connectivity index (χ2n) is 5.81. The fraction of sp³-hybridized carbons (Fsp3) is 0.333. The van der Waals surface area contributed by atoms with Crippen LogP contribution in [0.5, 0.6) is 11.5 Å². The van der Waals surface area contributed by atoms with Crippen LogP contribution >= 0.6 is 0 Å². The van der Waals surface area contributed by atoms with Crippen LogP contribution in [0.3, 0.4) is 0 Å². The Morgan fingerprint density at radius 1 is 1.33 bits per heavy atom. The Kier molecular flexibility index (Phi) is 6.01. The lowest BCUT2D eigenvalue weighted by atomic mass is 10.2. The van der Waals surface area contributed by atoms with E-state index >= 15 is 0 Å². The molecule has 1 amide bonds. The molecule has 128 valence electrons. The molecule has 2 aromatic rings. The molecule has 6 heteroatoms. The molecule has 1 aromatic carbocycles. The van der Waals surface area contributed by atoms with Crippen molar-refractivity contribution in [2.45, 2.75) is 13.8 Å². The van der Waals surface area contributed by atoms with Crippen LogP contribution in [0.1, 0.15) is 19.4 Å². The fourth-order valence-electron chi connectivity index (χ4n) is 1.99. The summed E-state index contributed by atoms with van der Waals surface area (Å²) < 4.78 is 12.7. The van der Waals surface area contributed by atoms with Gasteiger partial charge in [0.25, 0.3) is 0 Å². The summed E-state index contributed by atoms with van der Waals surface area (Å²) in [5, 5.41) is 6.79. The number of anilines is 1. The Morgan fingerprint density at radius 3 is 2.75 bits per heavy atom. The molecule has 6 nitrogen and oxygen atoms in total. The third-order valence-corrected chi connectivity index (χ3v) is 3.15. The number of methoxy groups -OCH3 is 1. The molecule has 0 unspecified atom stereocenters. The monoisotopic (exact) mass is 329 g/mol. The Labute approximate surface area is 142 Å². The van der Waals surface area contributed by atoms with Gasteiger partial charge in [0, 0.05) is 25.4 Å². The number of nitrogens with one attached hydrogen (secondary N) is 1. The molecule has 0 spiro atoms. The summed E-state index contributed by atoms with van der Waals surface area (Å²) in [6, 6.07) is 7.29. The number of nitrogens with zero attached hydrogens (tertiary/aromatic N) is 2. The van der Waals surface area contributed by atoms with Gasteiger partial charge in [-0.05, 0) is 29.7 Å². The van der Waals surface area contributed by atoms with E-state index in [4.69, 9.17) is 9.47 Å². The highest BCUT2D eigenvalue weighted by atomic mass is 16.5. The first-order valence-electron chi connectivity index (χ1n) is 7.77. The fourth-order valence-corrected chi connectivity index (χ4v) is 1.99. The number of amides is 1. The maximum absolute atomic E-state index is 11.9. The van der Waals surface area contributed by atoms with Gasteiger partial charge in [0.05, 0.1) is 13.7 Å². The first-order valence-corrected chi connectivity index (χ1v) is 7.77. The summed E-state index contributed by atoms with van der Waals surface area (Å²) in [7, 11) is 3.39. The Bertz CT molecular complexity index is 720. The van der Waals surface area contributed by atoms with E-state index < -0.39 is 0 Å². The van der Waals surface area contributed by atoms with E-state index in [2.05, 4.69) is 24.3 Å². The predicted octanol–water partition coefficient (Wildman–Crippen LogP) is 3.12. The molecule has 24 heavy (non-hydrogen) atoms. The number of aryl methyl sites for hydroxylation is 1. The van der Waals surface area contributed by atoms with Gasteiger partial charge in [-0.15, -0.1) is 0 Å². The van der Waals surface area contributed by atoms with Crippen molar-refractivity contribution in [3.8, 4) is 11.5 Å². The van der Waals surface area contributed by atoms with Crippen molar-refractivity contribution in [3.05, 3.63) is 42.1 Å². The van der Waals surface area contributed by atoms with Crippen molar-refractivity contribution in [2.75, 3.05) is 19.0 Å². The molecule has 0 aliphatic carbocycles. The first-order chi connectivity index (χ1) is 11.5. The number of carbonyl (C=O) groups is 1. The maximum Gasteiger partial charge on any atom is 0.249 e. The zero-order chi connectivity index (χ0) is 17.5. The first kappa shape index (κ1) is 17.6. The van der Waals surface area contributed by atoms with Crippen molar-refractivity contribution in [2.24, 2.45) is 13.0 Å². The molecule has 1 N–H and O–H groups in total. The largest absolute Gasteiger partial charge is 0.493 e. The van der Waals surface area contributed by atoms with Crippen LogP contribution in [0.25, 0.3) is 6.08 Å². The summed E-state index contributed by atoms with van der Waals surface area (Å²) in [5.41, 5.74) is 0.847. The average Bonchev–Trinajstić information content (AvgIpc) is 2.96. The lowest BCUT2D eigenvalue weighted by molar-refractivity contribution is -0.111. The summed E-state index contributed by atoms with van der Waals surface area (Å²) >= 11 is 0. The quantitative estimate of drug-likeness (QED) is 0.793. The van der Waals surface area contributed by atoms with Crippen molar-refractivity contribution >= 4 is 17.8 Å². The third kappa shape index (κ3) is 5.15. The number of hydrogen-bond acceptors (Lipinski definition) is 4. The van der Waals surface area contributed by atoms with Crippen molar-refractivity contribution in [1.29, 1.82) is 0 Å². The van der Waals surface area contributed by atoms with Gasteiger partial charge in [0.1, 0.15) is 0 Å².